The van der Waals surface area contributed by atoms with Gasteiger partial charge in [0.05, 0.1) is 25.6 Å². The van der Waals surface area contributed by atoms with Gasteiger partial charge in [0, 0.05) is 47.0 Å². The van der Waals surface area contributed by atoms with Crippen molar-refractivity contribution in [2.24, 2.45) is 0 Å². The maximum absolute atomic E-state index is 14.8. The summed E-state index contributed by atoms with van der Waals surface area (Å²) in [7, 11) is 1.64. The molecule has 0 bridgehead atoms. The van der Waals surface area contributed by atoms with Gasteiger partial charge in [-0.3, -0.25) is 4.79 Å². The van der Waals surface area contributed by atoms with E-state index < -0.39 is 0 Å². The molecule has 5 nitrogen and oxygen atoms in total. The van der Waals surface area contributed by atoms with Crippen LogP contribution in [0.5, 0.6) is 5.75 Å². The van der Waals surface area contributed by atoms with Gasteiger partial charge in [0.1, 0.15) is 16.4 Å². The van der Waals surface area contributed by atoms with Gasteiger partial charge < -0.3 is 19.4 Å². The Bertz CT molecular complexity index is 1640. The second-order valence-corrected chi connectivity index (χ2v) is 10.7. The molecule has 3 aromatic carbocycles. The lowest BCUT2D eigenvalue weighted by atomic mass is 9.99. The lowest BCUT2D eigenvalue weighted by Gasteiger charge is -2.17. The van der Waals surface area contributed by atoms with E-state index in [9.17, 15) is 9.18 Å². The first-order valence-corrected chi connectivity index (χ1v) is 14.2. The summed E-state index contributed by atoms with van der Waals surface area (Å²) in [4.78, 5) is 15.8. The number of hydrogen-bond donors (Lipinski definition) is 1. The molecule has 1 N–H and O–H groups in total. The minimum absolute atomic E-state index is 0.0485. The largest absolute Gasteiger partial charge is 0.497 e. The van der Waals surface area contributed by atoms with Crippen LogP contribution in [0.25, 0.3) is 20.7 Å². The number of nitrogens with one attached hydrogen (secondary N) is 1. The summed E-state index contributed by atoms with van der Waals surface area (Å²) in [6.45, 7) is 5.64. The van der Waals surface area contributed by atoms with Crippen molar-refractivity contribution in [2.45, 2.75) is 39.6 Å². The lowest BCUT2D eigenvalue weighted by molar-refractivity contribution is 0.133. The maximum Gasteiger partial charge on any atom is 0.196 e. The molecule has 2 aromatic heterocycles. The van der Waals surface area contributed by atoms with Crippen LogP contribution in [0, 0.1) is 5.82 Å². The van der Waals surface area contributed by atoms with E-state index in [1.807, 2.05) is 66.2 Å². The van der Waals surface area contributed by atoms with E-state index in [-0.39, 0.29) is 23.9 Å². The molecule has 0 radical (unpaired) electrons. The Hall–Kier alpha value is -3.78. The van der Waals surface area contributed by atoms with Crippen molar-refractivity contribution in [2.75, 3.05) is 13.7 Å². The molecule has 0 aliphatic heterocycles. The van der Waals surface area contributed by atoms with E-state index in [2.05, 4.69) is 24.4 Å². The molecule has 206 valence electrons. The summed E-state index contributed by atoms with van der Waals surface area (Å²) < 4.78 is 27.8. The molecule has 0 aliphatic carbocycles. The first-order chi connectivity index (χ1) is 19.5. The highest BCUT2D eigenvalue weighted by Crippen LogP contribution is 2.41. The van der Waals surface area contributed by atoms with Crippen LogP contribution in [0.3, 0.4) is 0 Å². The van der Waals surface area contributed by atoms with E-state index in [0.717, 1.165) is 32.1 Å². The molecule has 0 amide bonds. The highest BCUT2D eigenvalue weighted by atomic mass is 32.1. The Kier molecular flexibility index (Phi) is 8.75. The Morgan fingerprint density at radius 3 is 2.40 bits per heavy atom. The van der Waals surface area contributed by atoms with Crippen molar-refractivity contribution in [1.29, 1.82) is 0 Å². The van der Waals surface area contributed by atoms with E-state index in [1.54, 1.807) is 30.6 Å². The zero-order chi connectivity index (χ0) is 28.1. The third-order valence-corrected chi connectivity index (χ3v) is 8.31. The van der Waals surface area contributed by atoms with E-state index >= 15 is 0 Å². The highest BCUT2D eigenvalue weighted by Gasteiger charge is 2.25. The Balaban J connectivity index is 1.70. The van der Waals surface area contributed by atoms with Crippen LogP contribution in [-0.2, 0) is 24.4 Å². The van der Waals surface area contributed by atoms with Gasteiger partial charge >= 0.3 is 0 Å². The van der Waals surface area contributed by atoms with E-state index in [0.29, 0.717) is 36.2 Å². The van der Waals surface area contributed by atoms with Crippen molar-refractivity contribution >= 4 is 21.6 Å². The van der Waals surface area contributed by atoms with Crippen molar-refractivity contribution in [1.82, 2.24) is 9.88 Å². The average molecular weight is 557 g/mol. The number of methoxy groups -OCH3 is 1. The first-order valence-electron chi connectivity index (χ1n) is 13.4. The van der Waals surface area contributed by atoms with Crippen LogP contribution < -0.4 is 15.5 Å². The molecule has 5 rings (SSSR count). The predicted molar refractivity (Wildman–Crippen MR) is 161 cm³/mol. The molecule has 40 heavy (non-hydrogen) atoms. The summed E-state index contributed by atoms with van der Waals surface area (Å²) in [5, 5.41) is 4.29. The van der Waals surface area contributed by atoms with Crippen molar-refractivity contribution in [3.8, 4) is 16.2 Å². The number of thiophene rings is 1. The monoisotopic (exact) mass is 556 g/mol. The van der Waals surface area contributed by atoms with Crippen molar-refractivity contribution in [3.63, 3.8) is 0 Å². The molecular formula is C33H33FN2O3S. The van der Waals surface area contributed by atoms with Gasteiger partial charge in [0.2, 0.25) is 0 Å². The predicted octanol–water partition coefficient (Wildman–Crippen LogP) is 7.31. The molecule has 0 saturated carbocycles. The number of ether oxygens (including phenoxy) is 2. The number of pyridine rings is 1. The van der Waals surface area contributed by atoms with Gasteiger partial charge in [-0.25, -0.2) is 4.39 Å². The Morgan fingerprint density at radius 2 is 1.70 bits per heavy atom. The zero-order valence-corrected chi connectivity index (χ0v) is 23.8. The fraction of sp³-hybridized carbons (Fsp3) is 0.242. The molecule has 5 aromatic rings. The minimum Gasteiger partial charge on any atom is -0.497 e. The maximum atomic E-state index is 14.8. The van der Waals surface area contributed by atoms with Gasteiger partial charge in [0.25, 0.3) is 0 Å². The van der Waals surface area contributed by atoms with Crippen LogP contribution in [-0.4, -0.2) is 18.3 Å². The van der Waals surface area contributed by atoms with Crippen LogP contribution in [0.1, 0.15) is 42.1 Å². The van der Waals surface area contributed by atoms with E-state index in [4.69, 9.17) is 9.47 Å². The van der Waals surface area contributed by atoms with Crippen LogP contribution in [0.4, 0.5) is 4.39 Å². The number of hydrogen-bond acceptors (Lipinski definition) is 5. The zero-order valence-electron chi connectivity index (χ0n) is 22.9. The number of nitrogens with zero attached hydrogens (tertiary/aromatic N) is 1. The summed E-state index contributed by atoms with van der Waals surface area (Å²) in [5.74, 6) is 0.491. The SMILES string of the molecule is CCOCc1cn(Cc2ccccc2F)c2sc(-c3ccc(OC)cc3)c(C(C)NCc3ccccc3)c2c1=O. The summed E-state index contributed by atoms with van der Waals surface area (Å²) >= 11 is 1.56. The average Bonchev–Trinajstić information content (AvgIpc) is 3.40. The quantitative estimate of drug-likeness (QED) is 0.185. The summed E-state index contributed by atoms with van der Waals surface area (Å²) in [6.07, 6.45) is 1.83. The smallest absolute Gasteiger partial charge is 0.196 e. The fourth-order valence-electron chi connectivity index (χ4n) is 4.90. The molecule has 0 fully saturated rings. The van der Waals surface area contributed by atoms with Gasteiger partial charge in [-0.2, -0.15) is 0 Å². The summed E-state index contributed by atoms with van der Waals surface area (Å²) in [5.41, 5.74) is 4.16. The molecular weight excluding hydrogens is 523 g/mol. The molecule has 1 atom stereocenters. The number of aromatic nitrogens is 1. The van der Waals surface area contributed by atoms with Crippen LogP contribution in [0.2, 0.25) is 0 Å². The van der Waals surface area contributed by atoms with Gasteiger partial charge in [-0.1, -0.05) is 48.5 Å². The number of benzene rings is 3. The minimum atomic E-state index is -0.272. The second-order valence-electron chi connectivity index (χ2n) is 9.68. The van der Waals surface area contributed by atoms with Gasteiger partial charge in [-0.05, 0) is 55.3 Å². The number of fused-ring (bicyclic) bond motifs is 1. The molecule has 0 spiro atoms. The van der Waals surface area contributed by atoms with Gasteiger partial charge in [-0.15, -0.1) is 11.3 Å². The fourth-order valence-corrected chi connectivity index (χ4v) is 6.28. The Labute approximate surface area is 237 Å². The topological polar surface area (TPSA) is 52.5 Å². The molecule has 0 aliphatic rings. The number of halogens is 1. The van der Waals surface area contributed by atoms with E-state index in [1.165, 1.54) is 6.07 Å². The number of rotatable bonds is 11. The van der Waals surface area contributed by atoms with Crippen molar-refractivity contribution < 1.29 is 13.9 Å². The first kappa shape index (κ1) is 27.8. The van der Waals surface area contributed by atoms with Crippen LogP contribution in [0.15, 0.2) is 89.9 Å². The molecule has 0 saturated heterocycles. The van der Waals surface area contributed by atoms with Crippen LogP contribution >= 0.6 is 11.3 Å². The summed E-state index contributed by atoms with van der Waals surface area (Å²) in [6, 6.07) is 24.7. The molecule has 1 unspecified atom stereocenters. The third kappa shape index (κ3) is 5.87. The second kappa shape index (κ2) is 12.6. The molecule has 2 heterocycles. The third-order valence-electron chi connectivity index (χ3n) is 7.02. The van der Waals surface area contributed by atoms with Gasteiger partial charge in [0.15, 0.2) is 5.43 Å². The normalized spacial score (nSPS) is 12.1. The standard InChI is InChI=1S/C33H33FN2O3S/c1-4-39-21-26-20-36(19-25-12-8-9-13-28(25)34)33-30(31(26)37)29(22(2)35-18-23-10-6-5-7-11-23)32(40-33)24-14-16-27(38-3)17-15-24/h5-17,20,22,35H,4,18-19,21H2,1-3H3. The molecule has 7 heteroatoms. The highest BCUT2D eigenvalue weighted by molar-refractivity contribution is 7.22. The van der Waals surface area contributed by atoms with Crippen molar-refractivity contribution in [3.05, 3.63) is 123 Å². The Morgan fingerprint density at radius 1 is 0.975 bits per heavy atom. The lowest BCUT2D eigenvalue weighted by Crippen LogP contribution is -2.21.